The van der Waals surface area contributed by atoms with Crippen LogP contribution in [0.15, 0.2) is 42.5 Å². The Morgan fingerprint density at radius 2 is 1.81 bits per heavy atom. The molecule has 27 heavy (non-hydrogen) atoms. The van der Waals surface area contributed by atoms with Crippen LogP contribution in [0.5, 0.6) is 0 Å². The van der Waals surface area contributed by atoms with E-state index in [1.165, 1.54) is 6.07 Å². The first-order valence-corrected chi connectivity index (χ1v) is 9.48. The van der Waals surface area contributed by atoms with E-state index in [9.17, 15) is 9.18 Å². The van der Waals surface area contributed by atoms with Gasteiger partial charge in [0.15, 0.2) is 0 Å². The van der Waals surface area contributed by atoms with Gasteiger partial charge in [0.05, 0.1) is 0 Å². The molecule has 2 aromatic carbocycles. The maximum atomic E-state index is 14.4. The monoisotopic (exact) mass is 408 g/mol. The second-order valence-electron chi connectivity index (χ2n) is 7.40. The van der Waals surface area contributed by atoms with Crippen LogP contribution in [-0.2, 0) is 11.3 Å². The molecule has 0 bridgehead atoms. The Kier molecular flexibility index (Phi) is 6.09. The van der Waals surface area contributed by atoms with E-state index in [0.717, 1.165) is 43.5 Å². The molecule has 1 spiro atoms. The third-order valence-corrected chi connectivity index (χ3v) is 6.04. The van der Waals surface area contributed by atoms with Gasteiger partial charge in [0.2, 0.25) is 5.91 Å². The Bertz CT molecular complexity index is 819. The molecule has 1 aliphatic carbocycles. The van der Waals surface area contributed by atoms with Crippen molar-refractivity contribution in [2.24, 2.45) is 11.3 Å². The summed E-state index contributed by atoms with van der Waals surface area (Å²) >= 11 is 5.89. The molecule has 2 aromatic rings. The standard InChI is InChI=1S/C21H22ClFN2O.ClH/c22-17-5-3-14(4-6-17)15-1-2-16(19(23)11-15)13-25-20(26)18-12-21(18)7-9-24-10-8-21;/h1-6,11,18,24H,7-10,12-13H2,(H,25,26);1H. The number of rotatable bonds is 4. The Morgan fingerprint density at radius 1 is 1.15 bits per heavy atom. The minimum absolute atomic E-state index is 0. The third kappa shape index (κ3) is 4.29. The Hall–Kier alpha value is -1.62. The van der Waals surface area contributed by atoms with Crippen molar-refractivity contribution >= 4 is 29.9 Å². The largest absolute Gasteiger partial charge is 0.352 e. The molecule has 1 saturated carbocycles. The van der Waals surface area contributed by atoms with Crippen LogP contribution in [0.4, 0.5) is 4.39 Å². The normalized spacial score (nSPS) is 20.0. The highest BCUT2D eigenvalue weighted by Crippen LogP contribution is 2.58. The molecular weight excluding hydrogens is 386 g/mol. The lowest BCUT2D eigenvalue weighted by molar-refractivity contribution is -0.123. The van der Waals surface area contributed by atoms with Gasteiger partial charge in [-0.1, -0.05) is 35.9 Å². The van der Waals surface area contributed by atoms with E-state index in [1.807, 2.05) is 18.2 Å². The summed E-state index contributed by atoms with van der Waals surface area (Å²) in [7, 11) is 0. The van der Waals surface area contributed by atoms with Gasteiger partial charge in [0.1, 0.15) is 5.82 Å². The van der Waals surface area contributed by atoms with Gasteiger partial charge in [-0.25, -0.2) is 4.39 Å². The van der Waals surface area contributed by atoms with Gasteiger partial charge >= 0.3 is 0 Å². The second kappa shape index (κ2) is 8.17. The summed E-state index contributed by atoms with van der Waals surface area (Å²) in [6.45, 7) is 2.21. The number of halogens is 3. The molecule has 2 N–H and O–H groups in total. The first kappa shape index (κ1) is 20.1. The van der Waals surface area contributed by atoms with Crippen molar-refractivity contribution in [2.75, 3.05) is 13.1 Å². The van der Waals surface area contributed by atoms with E-state index in [0.29, 0.717) is 10.6 Å². The fourth-order valence-electron chi connectivity index (χ4n) is 4.01. The molecule has 4 rings (SSSR count). The highest BCUT2D eigenvalue weighted by atomic mass is 35.5. The van der Waals surface area contributed by atoms with Crippen LogP contribution >= 0.6 is 24.0 Å². The van der Waals surface area contributed by atoms with Crippen molar-refractivity contribution in [1.29, 1.82) is 0 Å². The Morgan fingerprint density at radius 3 is 2.48 bits per heavy atom. The van der Waals surface area contributed by atoms with Crippen LogP contribution in [0.2, 0.25) is 5.02 Å². The summed E-state index contributed by atoms with van der Waals surface area (Å²) in [5, 5.41) is 6.91. The van der Waals surface area contributed by atoms with Crippen molar-refractivity contribution in [1.82, 2.24) is 10.6 Å². The van der Waals surface area contributed by atoms with Crippen molar-refractivity contribution in [3.05, 3.63) is 58.9 Å². The molecular formula is C21H23Cl2FN2O. The van der Waals surface area contributed by atoms with Gasteiger partial charge in [-0.2, -0.15) is 0 Å². The van der Waals surface area contributed by atoms with E-state index in [1.54, 1.807) is 18.2 Å². The lowest BCUT2D eigenvalue weighted by atomic mass is 9.92. The average molecular weight is 409 g/mol. The quantitative estimate of drug-likeness (QED) is 0.777. The van der Waals surface area contributed by atoms with Crippen LogP contribution < -0.4 is 10.6 Å². The zero-order chi connectivity index (χ0) is 18.1. The molecule has 1 unspecified atom stereocenters. The number of carbonyl (C=O) groups is 1. The highest BCUT2D eigenvalue weighted by molar-refractivity contribution is 6.30. The SMILES string of the molecule is Cl.O=C(NCc1ccc(-c2ccc(Cl)cc2)cc1F)C1CC12CCNCC2. The molecule has 1 heterocycles. The summed E-state index contributed by atoms with van der Waals surface area (Å²) < 4.78 is 14.4. The number of hydrogen-bond acceptors (Lipinski definition) is 2. The molecule has 1 atom stereocenters. The van der Waals surface area contributed by atoms with E-state index in [2.05, 4.69) is 10.6 Å². The van der Waals surface area contributed by atoms with Crippen molar-refractivity contribution in [3.63, 3.8) is 0 Å². The number of benzene rings is 2. The van der Waals surface area contributed by atoms with Gasteiger partial charge in [-0.3, -0.25) is 4.79 Å². The second-order valence-corrected chi connectivity index (χ2v) is 7.84. The molecule has 1 saturated heterocycles. The molecule has 6 heteroatoms. The molecule has 144 valence electrons. The number of hydrogen-bond donors (Lipinski definition) is 2. The lowest BCUT2D eigenvalue weighted by Gasteiger charge is -2.23. The van der Waals surface area contributed by atoms with Crippen molar-refractivity contribution in [2.45, 2.75) is 25.8 Å². The summed E-state index contributed by atoms with van der Waals surface area (Å²) in [5.74, 6) is -0.140. The minimum atomic E-state index is -0.301. The predicted molar refractivity (Wildman–Crippen MR) is 109 cm³/mol. The van der Waals surface area contributed by atoms with E-state index >= 15 is 0 Å². The van der Waals surface area contributed by atoms with Gasteiger partial charge in [-0.15, -0.1) is 12.4 Å². The molecule has 0 aromatic heterocycles. The molecule has 2 aliphatic rings. The fourth-order valence-corrected chi connectivity index (χ4v) is 4.14. The number of amides is 1. The lowest BCUT2D eigenvalue weighted by Crippen LogP contribution is -2.33. The average Bonchev–Trinajstić information content (AvgIpc) is 3.34. The van der Waals surface area contributed by atoms with Crippen LogP contribution in [0.25, 0.3) is 11.1 Å². The zero-order valence-corrected chi connectivity index (χ0v) is 16.5. The zero-order valence-electron chi connectivity index (χ0n) is 14.9. The summed E-state index contributed by atoms with van der Waals surface area (Å²) in [6, 6.07) is 12.4. The van der Waals surface area contributed by atoms with Crippen molar-refractivity contribution in [3.8, 4) is 11.1 Å². The third-order valence-electron chi connectivity index (χ3n) is 5.79. The fraction of sp³-hybridized carbons (Fsp3) is 0.381. The predicted octanol–water partition coefficient (Wildman–Crippen LogP) is 4.57. The number of piperidine rings is 1. The Balaban J connectivity index is 0.00000210. The topological polar surface area (TPSA) is 41.1 Å². The van der Waals surface area contributed by atoms with E-state index in [-0.39, 0.29) is 42.0 Å². The summed E-state index contributed by atoms with van der Waals surface area (Å²) in [5.41, 5.74) is 2.42. The molecule has 1 amide bonds. The molecule has 3 nitrogen and oxygen atoms in total. The van der Waals surface area contributed by atoms with Gasteiger partial charge in [-0.05, 0) is 67.1 Å². The van der Waals surface area contributed by atoms with Crippen LogP contribution in [0, 0.1) is 17.2 Å². The van der Waals surface area contributed by atoms with Gasteiger partial charge < -0.3 is 10.6 Å². The van der Waals surface area contributed by atoms with Gasteiger partial charge in [0.25, 0.3) is 0 Å². The van der Waals surface area contributed by atoms with Crippen LogP contribution in [0.3, 0.4) is 0 Å². The molecule has 1 aliphatic heterocycles. The van der Waals surface area contributed by atoms with Crippen LogP contribution in [0.1, 0.15) is 24.8 Å². The van der Waals surface area contributed by atoms with Crippen molar-refractivity contribution < 1.29 is 9.18 Å². The minimum Gasteiger partial charge on any atom is -0.352 e. The summed E-state index contributed by atoms with van der Waals surface area (Å²) in [6.07, 6.45) is 3.10. The number of nitrogens with one attached hydrogen (secondary N) is 2. The first-order valence-electron chi connectivity index (χ1n) is 9.10. The van der Waals surface area contributed by atoms with Gasteiger partial charge in [0, 0.05) is 23.0 Å². The maximum Gasteiger partial charge on any atom is 0.223 e. The van der Waals surface area contributed by atoms with E-state index < -0.39 is 0 Å². The van der Waals surface area contributed by atoms with E-state index in [4.69, 9.17) is 11.6 Å². The number of carbonyl (C=O) groups excluding carboxylic acids is 1. The maximum absolute atomic E-state index is 14.4. The Labute approximate surface area is 170 Å². The highest BCUT2D eigenvalue weighted by Gasteiger charge is 2.57. The first-order chi connectivity index (χ1) is 12.6. The van der Waals surface area contributed by atoms with Crippen LogP contribution in [-0.4, -0.2) is 19.0 Å². The summed E-state index contributed by atoms with van der Waals surface area (Å²) in [4.78, 5) is 12.4. The molecule has 0 radical (unpaired) electrons. The molecule has 2 fully saturated rings. The smallest absolute Gasteiger partial charge is 0.223 e.